The number of carbonyl (C=O) groups excluding carboxylic acids is 1. The average molecular weight is 287 g/mol. The molecule has 0 saturated heterocycles. The lowest BCUT2D eigenvalue weighted by Crippen LogP contribution is -2.32. The third kappa shape index (κ3) is 3.51. The van der Waals surface area contributed by atoms with E-state index >= 15 is 0 Å². The van der Waals surface area contributed by atoms with Gasteiger partial charge in [-0.3, -0.25) is 9.59 Å². The maximum atomic E-state index is 11.9. The zero-order valence-corrected chi connectivity index (χ0v) is 11.9. The van der Waals surface area contributed by atoms with Crippen LogP contribution in [0.5, 0.6) is 5.75 Å². The van der Waals surface area contributed by atoms with E-state index in [1.807, 2.05) is 36.4 Å². The van der Waals surface area contributed by atoms with Crippen molar-refractivity contribution in [3.05, 3.63) is 42.0 Å². The Morgan fingerprint density at radius 3 is 2.52 bits per heavy atom. The van der Waals surface area contributed by atoms with Gasteiger partial charge in [0.05, 0.1) is 13.0 Å². The molecule has 2 rings (SSSR count). The molecule has 110 valence electrons. The summed E-state index contributed by atoms with van der Waals surface area (Å²) in [5.74, 6) is -0.982. The van der Waals surface area contributed by atoms with Crippen molar-refractivity contribution in [2.75, 3.05) is 13.7 Å². The fourth-order valence-corrected chi connectivity index (χ4v) is 2.11. The van der Waals surface area contributed by atoms with Gasteiger partial charge in [0.25, 0.3) is 0 Å². The van der Waals surface area contributed by atoms with Crippen molar-refractivity contribution < 1.29 is 19.4 Å². The Hall–Kier alpha value is -2.56. The number of benzene rings is 2. The van der Waals surface area contributed by atoms with Gasteiger partial charge in [0, 0.05) is 0 Å². The van der Waals surface area contributed by atoms with E-state index in [1.165, 1.54) is 0 Å². The van der Waals surface area contributed by atoms with Crippen LogP contribution in [0.4, 0.5) is 0 Å². The molecule has 0 spiro atoms. The Morgan fingerprint density at radius 2 is 1.86 bits per heavy atom. The Balaban J connectivity index is 2.21. The smallest absolute Gasteiger partial charge is 0.322 e. The van der Waals surface area contributed by atoms with E-state index < -0.39 is 11.9 Å². The van der Waals surface area contributed by atoms with E-state index in [-0.39, 0.29) is 12.5 Å². The molecule has 0 aliphatic heterocycles. The molecule has 2 aromatic rings. The minimum Gasteiger partial charge on any atom is -0.497 e. The SMILES string of the molecule is COc1ccc2cc([C@H](C)C(=O)NCC(=O)O)ccc2c1. The normalized spacial score (nSPS) is 11.9. The number of ether oxygens (including phenoxy) is 1. The maximum absolute atomic E-state index is 11.9. The zero-order valence-electron chi connectivity index (χ0n) is 11.9. The third-order valence-electron chi connectivity index (χ3n) is 3.38. The van der Waals surface area contributed by atoms with Gasteiger partial charge in [-0.2, -0.15) is 0 Å². The first-order valence-corrected chi connectivity index (χ1v) is 6.58. The molecule has 2 N–H and O–H groups in total. The molecule has 0 saturated carbocycles. The fourth-order valence-electron chi connectivity index (χ4n) is 2.11. The Kier molecular flexibility index (Phi) is 4.42. The lowest BCUT2D eigenvalue weighted by Gasteiger charge is -2.12. The van der Waals surface area contributed by atoms with E-state index in [4.69, 9.17) is 9.84 Å². The van der Waals surface area contributed by atoms with Gasteiger partial charge in [-0.05, 0) is 35.4 Å². The van der Waals surface area contributed by atoms with Gasteiger partial charge in [-0.25, -0.2) is 0 Å². The molecule has 1 amide bonds. The maximum Gasteiger partial charge on any atom is 0.322 e. The second-order valence-corrected chi connectivity index (χ2v) is 4.81. The van der Waals surface area contributed by atoms with Crippen LogP contribution < -0.4 is 10.1 Å². The van der Waals surface area contributed by atoms with E-state index in [9.17, 15) is 9.59 Å². The standard InChI is InChI=1S/C16H17NO4/c1-10(16(20)17-9-15(18)19)11-3-4-13-8-14(21-2)6-5-12(13)7-11/h3-8,10H,9H2,1-2H3,(H,17,20)(H,18,19)/t10-/m0/s1. The van der Waals surface area contributed by atoms with Crippen LogP contribution in [0.25, 0.3) is 10.8 Å². The van der Waals surface area contributed by atoms with Gasteiger partial charge >= 0.3 is 5.97 Å². The monoisotopic (exact) mass is 287 g/mol. The highest BCUT2D eigenvalue weighted by Crippen LogP contribution is 2.25. The van der Waals surface area contributed by atoms with Crippen LogP contribution in [0.3, 0.4) is 0 Å². The topological polar surface area (TPSA) is 75.6 Å². The molecule has 0 unspecified atom stereocenters. The van der Waals surface area contributed by atoms with Crippen LogP contribution in [0.2, 0.25) is 0 Å². The largest absolute Gasteiger partial charge is 0.497 e. The molecule has 0 radical (unpaired) electrons. The minimum absolute atomic E-state index is 0.301. The highest BCUT2D eigenvalue weighted by molar-refractivity contribution is 5.89. The molecule has 0 bridgehead atoms. The molecule has 5 heteroatoms. The molecule has 0 heterocycles. The molecular weight excluding hydrogens is 270 g/mol. The lowest BCUT2D eigenvalue weighted by atomic mass is 9.97. The second kappa shape index (κ2) is 6.26. The average Bonchev–Trinajstić information content (AvgIpc) is 2.50. The van der Waals surface area contributed by atoms with Crippen LogP contribution in [0, 0.1) is 0 Å². The van der Waals surface area contributed by atoms with Crippen molar-refractivity contribution >= 4 is 22.6 Å². The summed E-state index contributed by atoms with van der Waals surface area (Å²) < 4.78 is 5.17. The van der Waals surface area contributed by atoms with Crippen LogP contribution in [-0.4, -0.2) is 30.6 Å². The Morgan fingerprint density at radius 1 is 1.19 bits per heavy atom. The Labute approximate surface area is 122 Å². The molecule has 1 atom stereocenters. The van der Waals surface area contributed by atoms with Gasteiger partial charge < -0.3 is 15.2 Å². The predicted octanol–water partition coefficient (Wildman–Crippen LogP) is 2.15. The number of aliphatic carboxylic acids is 1. The molecule has 0 aliphatic rings. The third-order valence-corrected chi connectivity index (χ3v) is 3.38. The molecule has 2 aromatic carbocycles. The molecule has 21 heavy (non-hydrogen) atoms. The van der Waals surface area contributed by atoms with Gasteiger partial charge in [0.2, 0.25) is 5.91 Å². The quantitative estimate of drug-likeness (QED) is 0.883. The summed E-state index contributed by atoms with van der Waals surface area (Å²) in [5.41, 5.74) is 0.843. The summed E-state index contributed by atoms with van der Waals surface area (Å²) in [6.45, 7) is 1.38. The summed E-state index contributed by atoms with van der Waals surface area (Å²) in [5, 5.41) is 13.0. The number of carbonyl (C=O) groups is 2. The van der Waals surface area contributed by atoms with Crippen molar-refractivity contribution in [3.63, 3.8) is 0 Å². The molecule has 0 aliphatic carbocycles. The second-order valence-electron chi connectivity index (χ2n) is 4.81. The number of carboxylic acids is 1. The van der Waals surface area contributed by atoms with E-state index in [2.05, 4.69) is 5.32 Å². The minimum atomic E-state index is -1.05. The van der Waals surface area contributed by atoms with Gasteiger partial charge in [-0.15, -0.1) is 0 Å². The predicted molar refractivity (Wildman–Crippen MR) is 79.6 cm³/mol. The van der Waals surface area contributed by atoms with Crippen molar-refractivity contribution in [1.82, 2.24) is 5.32 Å². The van der Waals surface area contributed by atoms with Crippen molar-refractivity contribution in [1.29, 1.82) is 0 Å². The number of carboxylic acid groups (broad SMARTS) is 1. The van der Waals surface area contributed by atoms with E-state index in [0.29, 0.717) is 0 Å². The van der Waals surface area contributed by atoms with Crippen LogP contribution in [-0.2, 0) is 9.59 Å². The summed E-state index contributed by atoms with van der Waals surface area (Å²) >= 11 is 0. The summed E-state index contributed by atoms with van der Waals surface area (Å²) in [7, 11) is 1.62. The molecular formula is C16H17NO4. The number of fused-ring (bicyclic) bond motifs is 1. The van der Waals surface area contributed by atoms with E-state index in [1.54, 1.807) is 14.0 Å². The van der Waals surface area contributed by atoms with Gasteiger partial charge in [-0.1, -0.05) is 24.3 Å². The number of nitrogens with one attached hydrogen (secondary N) is 1. The molecule has 5 nitrogen and oxygen atoms in total. The van der Waals surface area contributed by atoms with Crippen molar-refractivity contribution in [3.8, 4) is 5.75 Å². The van der Waals surface area contributed by atoms with Crippen LogP contribution in [0.15, 0.2) is 36.4 Å². The first-order valence-electron chi connectivity index (χ1n) is 6.58. The number of methoxy groups -OCH3 is 1. The highest BCUT2D eigenvalue weighted by Gasteiger charge is 2.16. The number of hydrogen-bond donors (Lipinski definition) is 2. The zero-order chi connectivity index (χ0) is 15.4. The number of hydrogen-bond acceptors (Lipinski definition) is 3. The highest BCUT2D eigenvalue weighted by atomic mass is 16.5. The summed E-state index contributed by atoms with van der Waals surface area (Å²) in [6, 6.07) is 11.4. The Bertz CT molecular complexity index is 681. The van der Waals surface area contributed by atoms with Gasteiger partial charge in [0.15, 0.2) is 0 Å². The number of amides is 1. The van der Waals surface area contributed by atoms with Crippen LogP contribution >= 0.6 is 0 Å². The van der Waals surface area contributed by atoms with Crippen LogP contribution in [0.1, 0.15) is 18.4 Å². The number of rotatable bonds is 5. The van der Waals surface area contributed by atoms with Crippen molar-refractivity contribution in [2.45, 2.75) is 12.8 Å². The first-order chi connectivity index (χ1) is 10.0. The summed E-state index contributed by atoms with van der Waals surface area (Å²) in [4.78, 5) is 22.4. The molecule has 0 fully saturated rings. The fraction of sp³-hybridized carbons (Fsp3) is 0.250. The van der Waals surface area contributed by atoms with Gasteiger partial charge in [0.1, 0.15) is 12.3 Å². The van der Waals surface area contributed by atoms with Crippen molar-refractivity contribution in [2.24, 2.45) is 0 Å². The van der Waals surface area contributed by atoms with E-state index in [0.717, 1.165) is 22.1 Å². The summed E-state index contributed by atoms with van der Waals surface area (Å²) in [6.07, 6.45) is 0. The lowest BCUT2D eigenvalue weighted by molar-refractivity contribution is -0.138. The first kappa shape index (κ1) is 14.8. The molecule has 0 aromatic heterocycles.